The minimum Gasteiger partial charge on any atom is -0.358 e. The molecule has 3 aromatic rings. The Morgan fingerprint density at radius 1 is 1.00 bits per heavy atom. The molecule has 0 aliphatic rings. The molecule has 0 fully saturated rings. The van der Waals surface area contributed by atoms with Crippen LogP contribution < -0.4 is 0 Å². The van der Waals surface area contributed by atoms with Crippen LogP contribution in [0.5, 0.6) is 0 Å². The van der Waals surface area contributed by atoms with Crippen molar-refractivity contribution in [3.63, 3.8) is 0 Å². The molecule has 0 aliphatic carbocycles. The van der Waals surface area contributed by atoms with E-state index in [4.69, 9.17) is 0 Å². The highest BCUT2D eigenvalue weighted by molar-refractivity contribution is 5.86. The molecule has 0 spiro atoms. The maximum absolute atomic E-state index is 4.03. The van der Waals surface area contributed by atoms with Crippen molar-refractivity contribution in [2.24, 2.45) is 0 Å². The van der Waals surface area contributed by atoms with Crippen molar-refractivity contribution in [2.45, 2.75) is 12.8 Å². The van der Waals surface area contributed by atoms with Crippen molar-refractivity contribution in [3.05, 3.63) is 84.1 Å². The van der Waals surface area contributed by atoms with E-state index in [1.807, 2.05) is 12.1 Å². The number of aromatic amines is 1. The summed E-state index contributed by atoms with van der Waals surface area (Å²) >= 11 is 0. The van der Waals surface area contributed by atoms with E-state index in [0.717, 1.165) is 0 Å². The van der Waals surface area contributed by atoms with Crippen LogP contribution in [-0.4, -0.2) is 4.98 Å². The first-order chi connectivity index (χ1) is 9.31. The number of hydrogen-bond acceptors (Lipinski definition) is 0. The van der Waals surface area contributed by atoms with Gasteiger partial charge in [0, 0.05) is 22.5 Å². The molecule has 1 heteroatoms. The molecule has 0 radical (unpaired) electrons. The summed E-state index contributed by atoms with van der Waals surface area (Å²) in [6, 6.07) is 19.0. The second-order valence-corrected chi connectivity index (χ2v) is 4.83. The van der Waals surface area contributed by atoms with Crippen molar-refractivity contribution in [2.75, 3.05) is 0 Å². The molecule has 94 valence electrons. The summed E-state index contributed by atoms with van der Waals surface area (Å²) in [6.07, 6.45) is 2.03. The fourth-order valence-electron chi connectivity index (χ4n) is 2.78. The Morgan fingerprint density at radius 3 is 2.42 bits per heavy atom. The SMILES string of the molecule is C=C[C@H](c1ccccc1)c1c(C)[nH]c2ccccc12. The molecule has 1 heterocycles. The molecule has 0 bridgehead atoms. The molecule has 1 nitrogen and oxygen atoms in total. The lowest BCUT2D eigenvalue weighted by Crippen LogP contribution is -1.98. The van der Waals surface area contributed by atoms with Crippen LogP contribution >= 0.6 is 0 Å². The van der Waals surface area contributed by atoms with Crippen LogP contribution in [-0.2, 0) is 0 Å². The van der Waals surface area contributed by atoms with Gasteiger partial charge in [-0.25, -0.2) is 0 Å². The van der Waals surface area contributed by atoms with E-state index >= 15 is 0 Å². The lowest BCUT2D eigenvalue weighted by Gasteiger charge is -2.14. The molecule has 3 rings (SSSR count). The largest absolute Gasteiger partial charge is 0.358 e. The zero-order chi connectivity index (χ0) is 13.2. The Morgan fingerprint density at radius 2 is 1.68 bits per heavy atom. The van der Waals surface area contributed by atoms with Gasteiger partial charge in [-0.1, -0.05) is 54.6 Å². The van der Waals surface area contributed by atoms with E-state index in [0.29, 0.717) is 0 Å². The number of allylic oxidation sites excluding steroid dienone is 1. The van der Waals surface area contributed by atoms with Gasteiger partial charge < -0.3 is 4.98 Å². The minimum atomic E-state index is 0.234. The van der Waals surface area contributed by atoms with Crippen molar-refractivity contribution in [3.8, 4) is 0 Å². The maximum Gasteiger partial charge on any atom is 0.0459 e. The Labute approximate surface area is 113 Å². The van der Waals surface area contributed by atoms with Crippen molar-refractivity contribution >= 4 is 10.9 Å². The van der Waals surface area contributed by atoms with Gasteiger partial charge in [-0.05, 0) is 24.1 Å². The monoisotopic (exact) mass is 247 g/mol. The fourth-order valence-corrected chi connectivity index (χ4v) is 2.78. The first-order valence-corrected chi connectivity index (χ1v) is 6.56. The number of fused-ring (bicyclic) bond motifs is 1. The highest BCUT2D eigenvalue weighted by Crippen LogP contribution is 2.34. The van der Waals surface area contributed by atoms with Crippen LogP contribution in [0.1, 0.15) is 22.7 Å². The topological polar surface area (TPSA) is 15.8 Å². The number of hydrogen-bond donors (Lipinski definition) is 1. The van der Waals surface area contributed by atoms with E-state index in [1.54, 1.807) is 0 Å². The molecule has 1 aromatic heterocycles. The molecule has 0 saturated carbocycles. The molecule has 2 aromatic carbocycles. The number of aromatic nitrogens is 1. The van der Waals surface area contributed by atoms with Crippen molar-refractivity contribution in [1.29, 1.82) is 0 Å². The molecule has 0 amide bonds. The van der Waals surface area contributed by atoms with Gasteiger partial charge in [0.05, 0.1) is 0 Å². The Kier molecular flexibility index (Phi) is 2.96. The lowest BCUT2D eigenvalue weighted by atomic mass is 9.89. The minimum absolute atomic E-state index is 0.234. The number of rotatable bonds is 3. The highest BCUT2D eigenvalue weighted by Gasteiger charge is 2.17. The van der Waals surface area contributed by atoms with E-state index in [9.17, 15) is 0 Å². The summed E-state index contributed by atoms with van der Waals surface area (Å²) in [5.41, 5.74) is 5.02. The Balaban J connectivity index is 2.22. The van der Waals surface area contributed by atoms with Gasteiger partial charge in [-0.15, -0.1) is 6.58 Å². The molecule has 1 N–H and O–H groups in total. The van der Waals surface area contributed by atoms with Crippen LogP contribution in [0.4, 0.5) is 0 Å². The van der Waals surface area contributed by atoms with Crippen LogP contribution in [0.2, 0.25) is 0 Å². The molecule has 19 heavy (non-hydrogen) atoms. The van der Waals surface area contributed by atoms with Gasteiger partial charge in [-0.2, -0.15) is 0 Å². The Hall–Kier alpha value is -2.28. The van der Waals surface area contributed by atoms with E-state index in [-0.39, 0.29) is 5.92 Å². The smallest absolute Gasteiger partial charge is 0.0459 e. The van der Waals surface area contributed by atoms with Gasteiger partial charge in [0.15, 0.2) is 0 Å². The zero-order valence-electron chi connectivity index (χ0n) is 11.1. The normalized spacial score (nSPS) is 12.5. The number of para-hydroxylation sites is 1. The molecular formula is C18H17N. The molecule has 0 aliphatic heterocycles. The van der Waals surface area contributed by atoms with E-state index in [2.05, 4.69) is 67.0 Å². The van der Waals surface area contributed by atoms with Crippen LogP contribution in [0.15, 0.2) is 67.3 Å². The van der Waals surface area contributed by atoms with Crippen molar-refractivity contribution < 1.29 is 0 Å². The fraction of sp³-hybridized carbons (Fsp3) is 0.111. The third-order valence-electron chi connectivity index (χ3n) is 3.65. The van der Waals surface area contributed by atoms with Crippen LogP contribution in [0, 0.1) is 6.92 Å². The second kappa shape index (κ2) is 4.77. The number of benzene rings is 2. The summed E-state index contributed by atoms with van der Waals surface area (Å²) in [7, 11) is 0. The van der Waals surface area contributed by atoms with Gasteiger partial charge >= 0.3 is 0 Å². The van der Waals surface area contributed by atoms with E-state index < -0.39 is 0 Å². The molecule has 0 saturated heterocycles. The number of H-pyrrole nitrogens is 1. The summed E-state index contributed by atoms with van der Waals surface area (Å²) in [5.74, 6) is 0.234. The number of aryl methyl sites for hydroxylation is 1. The average Bonchev–Trinajstić information content (AvgIpc) is 2.78. The summed E-state index contributed by atoms with van der Waals surface area (Å²) in [5, 5.41) is 1.29. The predicted octanol–water partition coefficient (Wildman–Crippen LogP) is 4.79. The average molecular weight is 247 g/mol. The Bertz CT molecular complexity index is 707. The first kappa shape index (κ1) is 11.8. The standard InChI is InChI=1S/C18H17N/c1-3-15(14-9-5-4-6-10-14)18-13(2)19-17-12-8-7-11-16(17)18/h3-12,15,19H,1H2,2H3/t15-/m1/s1. The third kappa shape index (κ3) is 1.97. The second-order valence-electron chi connectivity index (χ2n) is 4.83. The predicted molar refractivity (Wildman–Crippen MR) is 81.5 cm³/mol. The highest BCUT2D eigenvalue weighted by atomic mass is 14.7. The third-order valence-corrected chi connectivity index (χ3v) is 3.65. The van der Waals surface area contributed by atoms with E-state index in [1.165, 1.54) is 27.7 Å². The molecule has 0 unspecified atom stereocenters. The zero-order valence-corrected chi connectivity index (χ0v) is 11.1. The van der Waals surface area contributed by atoms with Gasteiger partial charge in [-0.3, -0.25) is 0 Å². The summed E-state index contributed by atoms with van der Waals surface area (Å²) in [4.78, 5) is 3.46. The summed E-state index contributed by atoms with van der Waals surface area (Å²) < 4.78 is 0. The number of nitrogens with one attached hydrogen (secondary N) is 1. The van der Waals surface area contributed by atoms with Gasteiger partial charge in [0.25, 0.3) is 0 Å². The maximum atomic E-state index is 4.03. The van der Waals surface area contributed by atoms with Crippen LogP contribution in [0.25, 0.3) is 10.9 Å². The first-order valence-electron chi connectivity index (χ1n) is 6.56. The molecule has 1 atom stereocenters. The summed E-state index contributed by atoms with van der Waals surface area (Å²) in [6.45, 7) is 6.16. The van der Waals surface area contributed by atoms with Crippen LogP contribution in [0.3, 0.4) is 0 Å². The van der Waals surface area contributed by atoms with Gasteiger partial charge in [0.2, 0.25) is 0 Å². The van der Waals surface area contributed by atoms with Gasteiger partial charge in [0.1, 0.15) is 0 Å². The quantitative estimate of drug-likeness (QED) is 0.640. The lowest BCUT2D eigenvalue weighted by molar-refractivity contribution is 1.02. The van der Waals surface area contributed by atoms with Crippen molar-refractivity contribution in [1.82, 2.24) is 4.98 Å². The molecular weight excluding hydrogens is 230 g/mol.